The van der Waals surface area contributed by atoms with Gasteiger partial charge in [-0.25, -0.2) is 0 Å². The summed E-state index contributed by atoms with van der Waals surface area (Å²) in [5.41, 5.74) is -0.487. The Hall–Kier alpha value is -1.66. The average molecular weight is 663 g/mol. The monoisotopic (exact) mass is 663 g/mol. The van der Waals surface area contributed by atoms with Gasteiger partial charge >= 0.3 is 0 Å². The molecule has 47 heavy (non-hydrogen) atoms. The summed E-state index contributed by atoms with van der Waals surface area (Å²) in [6.45, 7) is 7.50. The molecule has 0 saturated carbocycles. The maximum absolute atomic E-state index is 12.5. The number of hydrogen-bond donors (Lipinski definition) is 0. The Kier molecular flexibility index (Phi) is 31.7. The SMILES string of the molecule is CCCCCCCCCCCCCCOCC(/C=C/C(=O)N(C)C)(/C=C/C(=O)N(C)C)CCCCCCCCOCCCCCCC. The molecule has 0 N–H and O–H groups in total. The van der Waals surface area contributed by atoms with E-state index in [4.69, 9.17) is 9.47 Å². The fourth-order valence-corrected chi connectivity index (χ4v) is 5.75. The molecule has 0 fully saturated rings. The van der Waals surface area contributed by atoms with Gasteiger partial charge in [0.1, 0.15) is 0 Å². The van der Waals surface area contributed by atoms with Gasteiger partial charge in [-0.3, -0.25) is 9.59 Å². The van der Waals surface area contributed by atoms with Crippen molar-refractivity contribution in [3.8, 4) is 0 Å². The molecule has 0 rings (SSSR count). The highest BCUT2D eigenvalue weighted by Gasteiger charge is 2.25. The zero-order chi connectivity index (χ0) is 34.9. The van der Waals surface area contributed by atoms with Crippen LogP contribution in [-0.2, 0) is 19.1 Å². The second-order valence-corrected chi connectivity index (χ2v) is 14.2. The highest BCUT2D eigenvalue weighted by atomic mass is 16.5. The van der Waals surface area contributed by atoms with Gasteiger partial charge in [0.25, 0.3) is 0 Å². The summed E-state index contributed by atoms with van der Waals surface area (Å²) in [6, 6.07) is 0. The maximum atomic E-state index is 12.5. The molecule has 2 amide bonds. The van der Waals surface area contributed by atoms with Crippen LogP contribution in [0, 0.1) is 5.41 Å². The first-order chi connectivity index (χ1) is 22.8. The van der Waals surface area contributed by atoms with Crippen LogP contribution < -0.4 is 0 Å². The van der Waals surface area contributed by atoms with Crippen molar-refractivity contribution in [1.29, 1.82) is 0 Å². The number of carbonyl (C=O) groups is 2. The first-order valence-electron chi connectivity index (χ1n) is 19.7. The number of ether oxygens (including phenoxy) is 2. The molecule has 0 aliphatic heterocycles. The molecule has 6 nitrogen and oxygen atoms in total. The molecule has 0 saturated heterocycles. The van der Waals surface area contributed by atoms with E-state index in [9.17, 15) is 9.59 Å². The molecule has 0 aromatic carbocycles. The zero-order valence-corrected chi connectivity index (χ0v) is 32.1. The van der Waals surface area contributed by atoms with E-state index in [1.165, 1.54) is 122 Å². The number of unbranched alkanes of at least 4 members (excludes halogenated alkanes) is 20. The molecule has 0 radical (unpaired) electrons. The van der Waals surface area contributed by atoms with E-state index >= 15 is 0 Å². The maximum Gasteiger partial charge on any atom is 0.245 e. The van der Waals surface area contributed by atoms with E-state index in [0.29, 0.717) is 13.2 Å². The van der Waals surface area contributed by atoms with Crippen LogP contribution in [0.15, 0.2) is 24.3 Å². The van der Waals surface area contributed by atoms with Crippen molar-refractivity contribution < 1.29 is 19.1 Å². The summed E-state index contributed by atoms with van der Waals surface area (Å²) in [5.74, 6) is -0.100. The van der Waals surface area contributed by atoms with Crippen molar-refractivity contribution in [2.75, 3.05) is 54.6 Å². The van der Waals surface area contributed by atoms with Gasteiger partial charge in [-0.2, -0.15) is 0 Å². The standard InChI is InChI=1S/C41H78N2O4/c1-7-9-11-13-14-15-16-17-18-20-25-29-37-47-38-41(33-30-39(44)42(3)4,34-31-40(45)43(5)6)32-26-22-19-21-24-28-36-46-35-27-23-12-10-8-2/h30-31,33-34H,7-29,32,35-38H2,1-6H3/b33-30+,34-31+. The number of nitrogens with zero attached hydrogens (tertiary/aromatic N) is 2. The van der Waals surface area contributed by atoms with Crippen LogP contribution in [0.2, 0.25) is 0 Å². The molecule has 0 spiro atoms. The Morgan fingerprint density at radius 2 is 0.787 bits per heavy atom. The van der Waals surface area contributed by atoms with Crippen molar-refractivity contribution in [2.24, 2.45) is 5.41 Å². The molecule has 0 aliphatic carbocycles. The number of amides is 2. The second kappa shape index (κ2) is 32.9. The van der Waals surface area contributed by atoms with Gasteiger partial charge in [0, 0.05) is 65.6 Å². The van der Waals surface area contributed by atoms with E-state index in [0.717, 1.165) is 45.3 Å². The highest BCUT2D eigenvalue weighted by molar-refractivity contribution is 5.88. The lowest BCUT2D eigenvalue weighted by Gasteiger charge is -2.28. The Morgan fingerprint density at radius 3 is 1.15 bits per heavy atom. The lowest BCUT2D eigenvalue weighted by molar-refractivity contribution is -0.124. The van der Waals surface area contributed by atoms with Crippen LogP contribution in [0.25, 0.3) is 0 Å². The van der Waals surface area contributed by atoms with Gasteiger partial charge in [-0.05, 0) is 25.7 Å². The van der Waals surface area contributed by atoms with Gasteiger partial charge in [-0.15, -0.1) is 0 Å². The average Bonchev–Trinajstić information content (AvgIpc) is 3.06. The molecule has 0 unspecified atom stereocenters. The summed E-state index contributed by atoms with van der Waals surface area (Å²) in [4.78, 5) is 28.2. The van der Waals surface area contributed by atoms with Gasteiger partial charge < -0.3 is 19.3 Å². The topological polar surface area (TPSA) is 59.1 Å². The Balaban J connectivity index is 4.73. The van der Waals surface area contributed by atoms with Crippen LogP contribution in [0.4, 0.5) is 0 Å². The minimum atomic E-state index is -0.487. The van der Waals surface area contributed by atoms with Crippen molar-refractivity contribution in [3.05, 3.63) is 24.3 Å². The third-order valence-electron chi connectivity index (χ3n) is 9.08. The molecule has 276 valence electrons. The lowest BCUT2D eigenvalue weighted by atomic mass is 9.82. The van der Waals surface area contributed by atoms with Crippen LogP contribution in [-0.4, -0.2) is 76.2 Å². The van der Waals surface area contributed by atoms with Crippen molar-refractivity contribution >= 4 is 11.8 Å². The summed E-state index contributed by atoms with van der Waals surface area (Å²) in [7, 11) is 7.07. The van der Waals surface area contributed by atoms with E-state index in [-0.39, 0.29) is 11.8 Å². The smallest absolute Gasteiger partial charge is 0.245 e. The summed E-state index contributed by atoms with van der Waals surface area (Å²) in [5, 5.41) is 0. The van der Waals surface area contributed by atoms with Crippen LogP contribution in [0.1, 0.15) is 168 Å². The molecule has 6 heteroatoms. The molecule has 0 bridgehead atoms. The second-order valence-electron chi connectivity index (χ2n) is 14.2. The molecule has 0 heterocycles. The summed E-state index contributed by atoms with van der Waals surface area (Å²) in [6.07, 6.45) is 37.3. The Labute approximate surface area is 292 Å². The summed E-state index contributed by atoms with van der Waals surface area (Å²) < 4.78 is 12.1. The van der Waals surface area contributed by atoms with Crippen molar-refractivity contribution in [1.82, 2.24) is 9.80 Å². The number of rotatable bonds is 34. The molecule has 0 aliphatic rings. The number of hydrogen-bond acceptors (Lipinski definition) is 4. The normalized spacial score (nSPS) is 12.0. The molecular weight excluding hydrogens is 584 g/mol. The number of likely N-dealkylation sites (N-methyl/N-ethyl adjacent to an activating group) is 2. The van der Waals surface area contributed by atoms with Crippen molar-refractivity contribution in [2.45, 2.75) is 168 Å². The third kappa shape index (κ3) is 29.0. The van der Waals surface area contributed by atoms with Crippen LogP contribution in [0.5, 0.6) is 0 Å². The highest BCUT2D eigenvalue weighted by Crippen LogP contribution is 2.31. The quantitative estimate of drug-likeness (QED) is 0.0508. The fraction of sp³-hybridized carbons (Fsp3) is 0.854. The lowest BCUT2D eigenvalue weighted by Crippen LogP contribution is -2.27. The zero-order valence-electron chi connectivity index (χ0n) is 32.1. The van der Waals surface area contributed by atoms with E-state index in [2.05, 4.69) is 13.8 Å². The van der Waals surface area contributed by atoms with Crippen LogP contribution in [0.3, 0.4) is 0 Å². The third-order valence-corrected chi connectivity index (χ3v) is 9.08. The predicted molar refractivity (Wildman–Crippen MR) is 202 cm³/mol. The predicted octanol–water partition coefficient (Wildman–Crippen LogP) is 10.7. The van der Waals surface area contributed by atoms with Crippen LogP contribution >= 0.6 is 0 Å². The molecular formula is C41H78N2O4. The van der Waals surface area contributed by atoms with Gasteiger partial charge in [0.05, 0.1) is 6.61 Å². The van der Waals surface area contributed by atoms with Gasteiger partial charge in [0.2, 0.25) is 11.8 Å². The number of carbonyl (C=O) groups excluding carboxylic acids is 2. The van der Waals surface area contributed by atoms with Crippen molar-refractivity contribution in [3.63, 3.8) is 0 Å². The van der Waals surface area contributed by atoms with E-state index < -0.39 is 5.41 Å². The minimum absolute atomic E-state index is 0.0501. The minimum Gasteiger partial charge on any atom is -0.381 e. The van der Waals surface area contributed by atoms with Gasteiger partial charge in [0.15, 0.2) is 0 Å². The first kappa shape index (κ1) is 45.3. The Bertz CT molecular complexity index is 713. The largest absolute Gasteiger partial charge is 0.381 e. The molecule has 0 aromatic rings. The summed E-state index contributed by atoms with van der Waals surface area (Å²) >= 11 is 0. The van der Waals surface area contributed by atoms with Gasteiger partial charge in [-0.1, -0.05) is 154 Å². The molecule has 0 atom stereocenters. The molecule has 0 aromatic heterocycles. The van der Waals surface area contributed by atoms with E-state index in [1.54, 1.807) is 50.1 Å². The fourth-order valence-electron chi connectivity index (χ4n) is 5.75. The van der Waals surface area contributed by atoms with E-state index in [1.807, 2.05) is 12.2 Å². The Morgan fingerprint density at radius 1 is 0.468 bits per heavy atom. The first-order valence-corrected chi connectivity index (χ1v) is 19.7.